The molecule has 0 bridgehead atoms. The summed E-state index contributed by atoms with van der Waals surface area (Å²) in [6.07, 6.45) is 10.8. The summed E-state index contributed by atoms with van der Waals surface area (Å²) in [5, 5.41) is 0. The smallest absolute Gasteiger partial charge is 0.373 e. The van der Waals surface area contributed by atoms with Crippen LogP contribution in [0.4, 0.5) is 0 Å². The van der Waals surface area contributed by atoms with Crippen molar-refractivity contribution in [1.82, 2.24) is 0 Å². The maximum absolute atomic E-state index is 12.4. The average molecular weight is 361 g/mol. The predicted octanol–water partition coefficient (Wildman–Crippen LogP) is 6.38. The van der Waals surface area contributed by atoms with E-state index in [4.69, 9.17) is 9.47 Å². The lowest BCUT2D eigenvalue weighted by Gasteiger charge is -2.11. The first-order valence-electron chi connectivity index (χ1n) is 10.2. The van der Waals surface area contributed by atoms with Crippen molar-refractivity contribution in [2.45, 2.75) is 72.1 Å². The molecule has 1 aromatic carbocycles. The van der Waals surface area contributed by atoms with Crippen LogP contribution in [0.5, 0.6) is 0 Å². The maximum atomic E-state index is 12.4. The number of ether oxygens (including phenoxy) is 2. The Morgan fingerprint density at radius 1 is 0.923 bits per heavy atom. The summed E-state index contributed by atoms with van der Waals surface area (Å²) in [4.78, 5) is 12.4. The SMILES string of the molecule is CCCCCCCCOC(=O)C(=Cc1ccccc1)OCCCC(C)C. The minimum Gasteiger partial charge on any atom is -0.487 e. The van der Waals surface area contributed by atoms with E-state index < -0.39 is 0 Å². The number of carbonyl (C=O) groups excluding carboxylic acids is 1. The molecule has 0 aliphatic heterocycles. The summed E-state index contributed by atoms with van der Waals surface area (Å²) in [5.74, 6) is 0.595. The van der Waals surface area contributed by atoms with Crippen LogP contribution >= 0.6 is 0 Å². The molecule has 0 heterocycles. The molecule has 0 aliphatic carbocycles. The topological polar surface area (TPSA) is 35.5 Å². The molecule has 0 saturated carbocycles. The van der Waals surface area contributed by atoms with Gasteiger partial charge in [-0.05, 0) is 36.8 Å². The van der Waals surface area contributed by atoms with Gasteiger partial charge in [0.25, 0.3) is 0 Å². The molecule has 0 aromatic heterocycles. The van der Waals surface area contributed by atoms with E-state index >= 15 is 0 Å². The second kappa shape index (κ2) is 14.4. The van der Waals surface area contributed by atoms with E-state index in [1.54, 1.807) is 6.08 Å². The van der Waals surface area contributed by atoms with Crippen molar-refractivity contribution in [2.75, 3.05) is 13.2 Å². The van der Waals surface area contributed by atoms with Crippen LogP contribution in [0.2, 0.25) is 0 Å². The van der Waals surface area contributed by atoms with Gasteiger partial charge in [-0.1, -0.05) is 83.2 Å². The lowest BCUT2D eigenvalue weighted by molar-refractivity contribution is -0.143. The number of hydrogen-bond acceptors (Lipinski definition) is 3. The van der Waals surface area contributed by atoms with Crippen LogP contribution in [0, 0.1) is 5.92 Å². The summed E-state index contributed by atoms with van der Waals surface area (Å²) in [6.45, 7) is 7.60. The van der Waals surface area contributed by atoms with Gasteiger partial charge in [0.05, 0.1) is 13.2 Å². The zero-order valence-corrected chi connectivity index (χ0v) is 16.8. The van der Waals surface area contributed by atoms with Gasteiger partial charge in [0.1, 0.15) is 0 Å². The molecule has 0 amide bonds. The van der Waals surface area contributed by atoms with Crippen molar-refractivity contribution in [3.63, 3.8) is 0 Å². The molecule has 1 rings (SSSR count). The van der Waals surface area contributed by atoms with E-state index in [1.807, 2.05) is 30.3 Å². The molecule has 0 fully saturated rings. The number of unbranched alkanes of at least 4 members (excludes halogenated alkanes) is 5. The Kier molecular flexibility index (Phi) is 12.3. The zero-order chi connectivity index (χ0) is 19.0. The van der Waals surface area contributed by atoms with Gasteiger partial charge in [0.15, 0.2) is 0 Å². The van der Waals surface area contributed by atoms with Crippen molar-refractivity contribution in [3.8, 4) is 0 Å². The predicted molar refractivity (Wildman–Crippen MR) is 109 cm³/mol. The fraction of sp³-hybridized carbons (Fsp3) is 0.609. The lowest BCUT2D eigenvalue weighted by Crippen LogP contribution is -2.12. The highest BCUT2D eigenvalue weighted by Gasteiger charge is 2.13. The summed E-state index contributed by atoms with van der Waals surface area (Å²) in [6, 6.07) is 9.77. The van der Waals surface area contributed by atoms with Crippen molar-refractivity contribution in [1.29, 1.82) is 0 Å². The first kappa shape index (κ1) is 22.3. The lowest BCUT2D eigenvalue weighted by atomic mass is 10.1. The summed E-state index contributed by atoms with van der Waals surface area (Å²) >= 11 is 0. The third-order valence-corrected chi connectivity index (χ3v) is 4.21. The quantitative estimate of drug-likeness (QED) is 0.167. The molecular weight excluding hydrogens is 324 g/mol. The molecule has 0 unspecified atom stereocenters. The van der Waals surface area contributed by atoms with Crippen molar-refractivity contribution < 1.29 is 14.3 Å². The van der Waals surface area contributed by atoms with Crippen LogP contribution in [0.1, 0.15) is 77.7 Å². The molecule has 0 radical (unpaired) electrons. The summed E-state index contributed by atoms with van der Waals surface area (Å²) < 4.78 is 11.2. The van der Waals surface area contributed by atoms with Gasteiger partial charge < -0.3 is 9.47 Å². The third kappa shape index (κ3) is 11.0. The van der Waals surface area contributed by atoms with Gasteiger partial charge in [0, 0.05) is 0 Å². The largest absolute Gasteiger partial charge is 0.487 e. The molecule has 0 saturated heterocycles. The van der Waals surface area contributed by atoms with E-state index in [1.165, 1.54) is 25.7 Å². The molecule has 0 spiro atoms. The standard InChI is InChI=1S/C23H36O3/c1-4-5-6-7-8-12-17-26-23(24)22(25-18-13-14-20(2)3)19-21-15-10-9-11-16-21/h9-11,15-16,19-20H,4-8,12-14,17-18H2,1-3H3. The molecule has 0 aliphatic rings. The van der Waals surface area contributed by atoms with Gasteiger partial charge in [-0.3, -0.25) is 0 Å². The molecular formula is C23H36O3. The van der Waals surface area contributed by atoms with Gasteiger partial charge >= 0.3 is 5.97 Å². The zero-order valence-electron chi connectivity index (χ0n) is 16.8. The van der Waals surface area contributed by atoms with Crippen LogP contribution < -0.4 is 0 Å². The van der Waals surface area contributed by atoms with Gasteiger partial charge in [0.2, 0.25) is 5.76 Å². The average Bonchev–Trinajstić information content (AvgIpc) is 2.64. The first-order chi connectivity index (χ1) is 12.6. The highest BCUT2D eigenvalue weighted by atomic mass is 16.6. The van der Waals surface area contributed by atoms with Gasteiger partial charge in [-0.2, -0.15) is 0 Å². The molecule has 26 heavy (non-hydrogen) atoms. The summed E-state index contributed by atoms with van der Waals surface area (Å²) in [5.41, 5.74) is 0.947. The van der Waals surface area contributed by atoms with E-state index in [2.05, 4.69) is 20.8 Å². The van der Waals surface area contributed by atoms with Crippen LogP contribution in [0.25, 0.3) is 6.08 Å². The molecule has 0 N–H and O–H groups in total. The molecule has 3 heteroatoms. The fourth-order valence-electron chi connectivity index (χ4n) is 2.65. The van der Waals surface area contributed by atoms with Crippen LogP contribution in [0.3, 0.4) is 0 Å². The van der Waals surface area contributed by atoms with Gasteiger partial charge in [-0.25, -0.2) is 4.79 Å². The van der Waals surface area contributed by atoms with Crippen molar-refractivity contribution in [2.24, 2.45) is 5.92 Å². The highest BCUT2D eigenvalue weighted by Crippen LogP contribution is 2.13. The number of esters is 1. The Bertz CT molecular complexity index is 505. The van der Waals surface area contributed by atoms with Crippen molar-refractivity contribution in [3.05, 3.63) is 41.7 Å². The van der Waals surface area contributed by atoms with Gasteiger partial charge in [-0.15, -0.1) is 0 Å². The molecule has 146 valence electrons. The van der Waals surface area contributed by atoms with E-state index in [9.17, 15) is 4.79 Å². The Balaban J connectivity index is 2.46. The van der Waals surface area contributed by atoms with E-state index in [0.717, 1.165) is 31.2 Å². The number of rotatable bonds is 14. The van der Waals surface area contributed by atoms with E-state index in [-0.39, 0.29) is 5.97 Å². The molecule has 1 aromatic rings. The van der Waals surface area contributed by atoms with Crippen LogP contribution in [-0.2, 0) is 14.3 Å². The summed E-state index contributed by atoms with van der Waals surface area (Å²) in [7, 11) is 0. The Hall–Kier alpha value is -1.77. The second-order valence-corrected chi connectivity index (χ2v) is 7.21. The monoisotopic (exact) mass is 360 g/mol. The van der Waals surface area contributed by atoms with Crippen LogP contribution in [-0.4, -0.2) is 19.2 Å². The van der Waals surface area contributed by atoms with Crippen LogP contribution in [0.15, 0.2) is 36.1 Å². The fourth-order valence-corrected chi connectivity index (χ4v) is 2.65. The van der Waals surface area contributed by atoms with Crippen molar-refractivity contribution >= 4 is 12.0 Å². The molecule has 3 nitrogen and oxygen atoms in total. The van der Waals surface area contributed by atoms with E-state index in [0.29, 0.717) is 24.9 Å². The molecule has 0 atom stereocenters. The second-order valence-electron chi connectivity index (χ2n) is 7.21. The Labute approximate surface area is 159 Å². The number of benzene rings is 1. The highest BCUT2D eigenvalue weighted by molar-refractivity contribution is 5.91. The first-order valence-corrected chi connectivity index (χ1v) is 10.2. The third-order valence-electron chi connectivity index (χ3n) is 4.21. The minimum absolute atomic E-state index is 0.311. The minimum atomic E-state index is -0.355. The Morgan fingerprint density at radius 3 is 2.27 bits per heavy atom. The normalized spacial score (nSPS) is 11.6. The number of carbonyl (C=O) groups is 1. The number of hydrogen-bond donors (Lipinski definition) is 0. The maximum Gasteiger partial charge on any atom is 0.373 e. The Morgan fingerprint density at radius 2 is 1.58 bits per heavy atom.